The number of hydrogen-bond donors (Lipinski definition) is 0. The highest BCUT2D eigenvalue weighted by molar-refractivity contribution is 9.12. The average molecular weight is 396 g/mol. The van der Waals surface area contributed by atoms with Crippen LogP contribution < -0.4 is 0 Å². The molecule has 7 heteroatoms. The fraction of sp³-hybridized carbons (Fsp3) is 0.455. The minimum Gasteiger partial charge on any atom is -0.343 e. The predicted molar refractivity (Wildman–Crippen MR) is 78.1 cm³/mol. The Bertz CT molecular complexity index is 489. The second kappa shape index (κ2) is 5.81. The number of amides is 1. The van der Waals surface area contributed by atoms with Gasteiger partial charge in [-0.2, -0.15) is 0 Å². The van der Waals surface area contributed by atoms with E-state index in [-0.39, 0.29) is 11.7 Å². The Kier molecular flexibility index (Phi) is 4.58. The van der Waals surface area contributed by atoms with E-state index in [1.54, 1.807) is 11.9 Å². The van der Waals surface area contributed by atoms with E-state index in [0.29, 0.717) is 25.2 Å². The van der Waals surface area contributed by atoms with Crippen molar-refractivity contribution in [2.45, 2.75) is 0 Å². The van der Waals surface area contributed by atoms with E-state index >= 15 is 0 Å². The molecule has 1 amide bonds. The summed E-state index contributed by atoms with van der Waals surface area (Å²) in [5, 5.41) is 0. The maximum Gasteiger partial charge on any atom is 0.236 e. The van der Waals surface area contributed by atoms with Crippen molar-refractivity contribution in [1.82, 2.24) is 9.80 Å². The summed E-state index contributed by atoms with van der Waals surface area (Å²) in [7, 11) is 1.79. The van der Waals surface area contributed by atoms with Crippen LogP contribution in [0.15, 0.2) is 13.6 Å². The standard InChI is InChI=1S/C11H12Br2N2O2S/c1-14-2-3-15(6-10(14)17)5-8(16)7-4-9(12)18-11(7)13/h4H,2-3,5-6H2,1H3. The Morgan fingerprint density at radius 2 is 2.17 bits per heavy atom. The van der Waals surface area contributed by atoms with E-state index in [0.717, 1.165) is 14.1 Å². The van der Waals surface area contributed by atoms with Crippen LogP contribution in [0, 0.1) is 0 Å². The van der Waals surface area contributed by atoms with Gasteiger partial charge in [-0.15, -0.1) is 11.3 Å². The minimum atomic E-state index is 0.0428. The number of nitrogens with zero attached hydrogens (tertiary/aromatic N) is 2. The largest absolute Gasteiger partial charge is 0.343 e. The SMILES string of the molecule is CN1CCN(CC(=O)c2cc(Br)sc2Br)CC1=O. The number of hydrogen-bond acceptors (Lipinski definition) is 4. The van der Waals surface area contributed by atoms with Crippen LogP contribution in [0.1, 0.15) is 10.4 Å². The number of carbonyl (C=O) groups is 2. The summed E-state index contributed by atoms with van der Waals surface area (Å²) >= 11 is 8.21. The Morgan fingerprint density at radius 1 is 1.44 bits per heavy atom. The number of halogens is 2. The molecule has 18 heavy (non-hydrogen) atoms. The van der Waals surface area contributed by atoms with Crippen LogP contribution in [0.2, 0.25) is 0 Å². The van der Waals surface area contributed by atoms with Crippen LogP contribution in [-0.2, 0) is 4.79 Å². The second-order valence-corrected chi connectivity index (χ2v) is 7.94. The van der Waals surface area contributed by atoms with Crippen LogP contribution in [0.3, 0.4) is 0 Å². The molecule has 1 aromatic rings. The van der Waals surface area contributed by atoms with E-state index in [9.17, 15) is 9.59 Å². The molecule has 0 aromatic carbocycles. The highest BCUT2D eigenvalue weighted by Crippen LogP contribution is 2.32. The van der Waals surface area contributed by atoms with E-state index < -0.39 is 0 Å². The van der Waals surface area contributed by atoms with Gasteiger partial charge in [0.1, 0.15) is 0 Å². The molecule has 0 bridgehead atoms. The first-order chi connectivity index (χ1) is 8.47. The molecule has 1 aromatic heterocycles. The van der Waals surface area contributed by atoms with Gasteiger partial charge < -0.3 is 4.90 Å². The molecule has 0 N–H and O–H groups in total. The number of likely N-dealkylation sites (N-methyl/N-ethyl adjacent to an activating group) is 1. The topological polar surface area (TPSA) is 40.6 Å². The highest BCUT2D eigenvalue weighted by atomic mass is 79.9. The molecule has 2 heterocycles. The molecule has 1 fully saturated rings. The molecule has 98 valence electrons. The van der Waals surface area contributed by atoms with E-state index in [4.69, 9.17) is 0 Å². The van der Waals surface area contributed by atoms with Gasteiger partial charge in [0.15, 0.2) is 5.78 Å². The van der Waals surface area contributed by atoms with E-state index in [1.807, 2.05) is 11.0 Å². The fourth-order valence-electron chi connectivity index (χ4n) is 1.76. The highest BCUT2D eigenvalue weighted by Gasteiger charge is 2.24. The van der Waals surface area contributed by atoms with Crippen LogP contribution in [0.4, 0.5) is 0 Å². The molecule has 0 radical (unpaired) electrons. The van der Waals surface area contributed by atoms with Gasteiger partial charge in [-0.1, -0.05) is 0 Å². The lowest BCUT2D eigenvalue weighted by molar-refractivity contribution is -0.134. The van der Waals surface area contributed by atoms with Gasteiger partial charge in [0, 0.05) is 25.7 Å². The molecule has 0 spiro atoms. The molecule has 0 atom stereocenters. The van der Waals surface area contributed by atoms with Gasteiger partial charge in [-0.3, -0.25) is 14.5 Å². The van der Waals surface area contributed by atoms with Gasteiger partial charge in [-0.25, -0.2) is 0 Å². The first-order valence-corrected chi connectivity index (χ1v) is 7.82. The maximum absolute atomic E-state index is 12.1. The Hall–Kier alpha value is -0.240. The van der Waals surface area contributed by atoms with Crippen molar-refractivity contribution in [2.75, 3.05) is 33.2 Å². The summed E-state index contributed by atoms with van der Waals surface area (Å²) < 4.78 is 1.76. The molecule has 1 aliphatic rings. The predicted octanol–water partition coefficient (Wildman–Crippen LogP) is 2.23. The van der Waals surface area contributed by atoms with Crippen molar-refractivity contribution in [2.24, 2.45) is 0 Å². The monoisotopic (exact) mass is 394 g/mol. The molecule has 0 saturated carbocycles. The molecule has 0 aliphatic carbocycles. The lowest BCUT2D eigenvalue weighted by atomic mass is 10.2. The van der Waals surface area contributed by atoms with Crippen molar-refractivity contribution >= 4 is 54.9 Å². The normalized spacial score (nSPS) is 17.3. The second-order valence-electron chi connectivity index (χ2n) is 4.19. The zero-order valence-corrected chi connectivity index (χ0v) is 13.8. The number of thiophene rings is 1. The first kappa shape index (κ1) is 14.2. The van der Waals surface area contributed by atoms with Crippen LogP contribution in [-0.4, -0.2) is 54.7 Å². The fourth-order valence-corrected chi connectivity index (χ4v) is 4.62. The summed E-state index contributed by atoms with van der Waals surface area (Å²) in [5.41, 5.74) is 0.679. The number of piperazine rings is 1. The third-order valence-corrected chi connectivity index (χ3v) is 5.20. The number of Topliss-reactive ketones (excluding diaryl/α,β-unsaturated/α-hetero) is 1. The van der Waals surface area contributed by atoms with Crippen LogP contribution in [0.25, 0.3) is 0 Å². The summed E-state index contributed by atoms with van der Waals surface area (Å²) in [6.07, 6.45) is 0. The summed E-state index contributed by atoms with van der Waals surface area (Å²) in [6.45, 7) is 2.05. The smallest absolute Gasteiger partial charge is 0.236 e. The third-order valence-electron chi connectivity index (χ3n) is 2.86. The lowest BCUT2D eigenvalue weighted by Crippen LogP contribution is -2.49. The Balaban J connectivity index is 2.00. The average Bonchev–Trinajstić information content (AvgIpc) is 2.63. The molecular weight excluding hydrogens is 384 g/mol. The number of ketones is 1. The zero-order valence-electron chi connectivity index (χ0n) is 9.78. The van der Waals surface area contributed by atoms with Gasteiger partial charge in [0.25, 0.3) is 0 Å². The van der Waals surface area contributed by atoms with Gasteiger partial charge in [0.05, 0.1) is 20.7 Å². The van der Waals surface area contributed by atoms with Crippen LogP contribution in [0.5, 0.6) is 0 Å². The van der Waals surface area contributed by atoms with Crippen LogP contribution >= 0.6 is 43.2 Å². The minimum absolute atomic E-state index is 0.0428. The molecule has 0 unspecified atom stereocenters. The van der Waals surface area contributed by atoms with Gasteiger partial charge in [-0.05, 0) is 37.9 Å². The van der Waals surface area contributed by atoms with E-state index in [2.05, 4.69) is 31.9 Å². The van der Waals surface area contributed by atoms with Crippen molar-refractivity contribution in [3.05, 3.63) is 19.2 Å². The van der Waals surface area contributed by atoms with Gasteiger partial charge >= 0.3 is 0 Å². The lowest BCUT2D eigenvalue weighted by Gasteiger charge is -2.31. The van der Waals surface area contributed by atoms with Crippen molar-refractivity contribution in [3.8, 4) is 0 Å². The van der Waals surface area contributed by atoms with Crippen molar-refractivity contribution in [3.63, 3.8) is 0 Å². The molecule has 1 aliphatic heterocycles. The quantitative estimate of drug-likeness (QED) is 0.737. The Morgan fingerprint density at radius 3 is 2.72 bits per heavy atom. The first-order valence-electron chi connectivity index (χ1n) is 5.41. The van der Waals surface area contributed by atoms with Crippen molar-refractivity contribution < 1.29 is 9.59 Å². The van der Waals surface area contributed by atoms with E-state index in [1.165, 1.54) is 11.3 Å². The van der Waals surface area contributed by atoms with Crippen molar-refractivity contribution in [1.29, 1.82) is 0 Å². The molecular formula is C11H12Br2N2O2S. The zero-order chi connectivity index (χ0) is 13.3. The van der Waals surface area contributed by atoms with Gasteiger partial charge in [0.2, 0.25) is 5.91 Å². The molecule has 2 rings (SSSR count). The summed E-state index contributed by atoms with van der Waals surface area (Å²) in [6, 6.07) is 1.81. The third kappa shape index (κ3) is 3.20. The Labute approximate surface area is 126 Å². The molecule has 4 nitrogen and oxygen atoms in total. The summed E-state index contributed by atoms with van der Waals surface area (Å²) in [5.74, 6) is 0.112. The maximum atomic E-state index is 12.1. The number of carbonyl (C=O) groups excluding carboxylic acids is 2. The summed E-state index contributed by atoms with van der Waals surface area (Å²) in [4.78, 5) is 27.3. The number of rotatable bonds is 3. The molecule has 1 saturated heterocycles.